The van der Waals surface area contributed by atoms with E-state index in [0.29, 0.717) is 19.1 Å². The van der Waals surface area contributed by atoms with Gasteiger partial charge in [-0.3, -0.25) is 0 Å². The average Bonchev–Trinajstić information content (AvgIpc) is 3.30. The first kappa shape index (κ1) is 16.7. The summed E-state index contributed by atoms with van der Waals surface area (Å²) in [5.41, 5.74) is 5.08. The van der Waals surface area contributed by atoms with Crippen LogP contribution in [0.2, 0.25) is 0 Å². The second kappa shape index (κ2) is 6.67. The van der Waals surface area contributed by atoms with Crippen molar-refractivity contribution < 1.29 is 9.47 Å². The van der Waals surface area contributed by atoms with Gasteiger partial charge < -0.3 is 14.0 Å². The summed E-state index contributed by atoms with van der Waals surface area (Å²) >= 11 is 0. The van der Waals surface area contributed by atoms with Gasteiger partial charge in [-0.2, -0.15) is 0 Å². The van der Waals surface area contributed by atoms with Crippen LogP contribution in [0.5, 0.6) is 5.88 Å². The Morgan fingerprint density at radius 2 is 1.90 bits per heavy atom. The van der Waals surface area contributed by atoms with E-state index in [1.807, 2.05) is 18.2 Å². The predicted molar refractivity (Wildman–Crippen MR) is 109 cm³/mol. The van der Waals surface area contributed by atoms with Gasteiger partial charge in [0.15, 0.2) is 5.65 Å². The molecule has 0 saturated carbocycles. The molecule has 2 aliphatic rings. The molecular formula is C23H20N4O2. The third-order valence-corrected chi connectivity index (χ3v) is 5.67. The first-order chi connectivity index (χ1) is 14.3. The minimum Gasteiger partial charge on any atom is -0.469 e. The number of rotatable bonds is 4. The van der Waals surface area contributed by atoms with Gasteiger partial charge in [-0.25, -0.2) is 15.0 Å². The van der Waals surface area contributed by atoms with E-state index in [-0.39, 0.29) is 12.1 Å². The minimum absolute atomic E-state index is 0.0953. The summed E-state index contributed by atoms with van der Waals surface area (Å²) in [4.78, 5) is 14.2. The molecule has 1 atom stereocenters. The third kappa shape index (κ3) is 2.87. The maximum atomic E-state index is 5.85. The van der Waals surface area contributed by atoms with Gasteiger partial charge in [0.05, 0.1) is 24.9 Å². The fourth-order valence-corrected chi connectivity index (χ4v) is 4.16. The molecule has 0 bridgehead atoms. The van der Waals surface area contributed by atoms with Crippen LogP contribution < -0.4 is 4.74 Å². The predicted octanol–water partition coefficient (Wildman–Crippen LogP) is 3.81. The lowest BCUT2D eigenvalue weighted by Crippen LogP contribution is -2.38. The molecular weight excluding hydrogens is 364 g/mol. The van der Waals surface area contributed by atoms with Gasteiger partial charge in [0.25, 0.3) is 0 Å². The molecule has 0 N–H and O–H groups in total. The number of nitrogens with zero attached hydrogens (tertiary/aromatic N) is 4. The number of fused-ring (bicyclic) bond motifs is 3. The lowest BCUT2D eigenvalue weighted by molar-refractivity contribution is -0.0813. The number of ether oxygens (including phenoxy) is 2. The van der Waals surface area contributed by atoms with Crippen LogP contribution in [-0.4, -0.2) is 38.8 Å². The number of hydrogen-bond donors (Lipinski definition) is 0. The summed E-state index contributed by atoms with van der Waals surface area (Å²) in [5.74, 6) is 1.72. The van der Waals surface area contributed by atoms with E-state index in [2.05, 4.69) is 45.9 Å². The van der Waals surface area contributed by atoms with Crippen molar-refractivity contribution in [3.63, 3.8) is 0 Å². The summed E-state index contributed by atoms with van der Waals surface area (Å²) in [5, 5.41) is 0. The van der Waals surface area contributed by atoms with Crippen LogP contribution in [0.3, 0.4) is 0 Å². The van der Waals surface area contributed by atoms with E-state index >= 15 is 0 Å². The van der Waals surface area contributed by atoms with Crippen LogP contribution in [0.25, 0.3) is 22.4 Å². The largest absolute Gasteiger partial charge is 0.469 e. The van der Waals surface area contributed by atoms with Crippen LogP contribution in [-0.2, 0) is 11.2 Å². The molecule has 0 spiro atoms. The maximum Gasteiger partial charge on any atom is 0.214 e. The molecule has 0 unspecified atom stereocenters. The molecule has 29 heavy (non-hydrogen) atoms. The number of pyridine rings is 2. The Balaban J connectivity index is 1.40. The SMILES string of the molecule is c1ccc([C@H]2CCc3nc4ccc(-c5ccnc(OC6COC6)c5)nc4n32)cc1. The standard InChI is InChI=1S/C23H20N4O2/c1-2-4-15(5-3-1)20-8-9-21-25-19-7-6-18(26-23(19)27(20)21)16-10-11-24-22(12-16)29-17-13-28-14-17/h1-7,10-12,17,20H,8-9,13-14H2/t20-/m1/s1. The van der Waals surface area contributed by atoms with Gasteiger partial charge in [0.2, 0.25) is 5.88 Å². The monoisotopic (exact) mass is 384 g/mol. The van der Waals surface area contributed by atoms with E-state index in [0.717, 1.165) is 41.1 Å². The lowest BCUT2D eigenvalue weighted by atomic mass is 10.0. The van der Waals surface area contributed by atoms with Crippen molar-refractivity contribution >= 4 is 11.2 Å². The Labute approximate surface area is 168 Å². The highest BCUT2D eigenvalue weighted by Crippen LogP contribution is 2.35. The fraction of sp³-hybridized carbons (Fsp3) is 0.261. The Morgan fingerprint density at radius 1 is 1.00 bits per heavy atom. The van der Waals surface area contributed by atoms with E-state index in [1.54, 1.807) is 6.20 Å². The molecule has 0 amide bonds. The van der Waals surface area contributed by atoms with Gasteiger partial charge >= 0.3 is 0 Å². The summed E-state index contributed by atoms with van der Waals surface area (Å²) in [6.07, 6.45) is 3.90. The Bertz CT molecular complexity index is 1180. The summed E-state index contributed by atoms with van der Waals surface area (Å²) in [6, 6.07) is 18.9. The highest BCUT2D eigenvalue weighted by Gasteiger charge is 2.28. The first-order valence-corrected chi connectivity index (χ1v) is 9.99. The molecule has 5 heterocycles. The van der Waals surface area contributed by atoms with E-state index < -0.39 is 0 Å². The van der Waals surface area contributed by atoms with Gasteiger partial charge in [0.1, 0.15) is 17.4 Å². The Hall–Kier alpha value is -3.25. The number of aromatic nitrogens is 4. The second-order valence-corrected chi connectivity index (χ2v) is 7.56. The van der Waals surface area contributed by atoms with E-state index in [1.165, 1.54) is 5.56 Å². The van der Waals surface area contributed by atoms with Crippen LogP contribution in [0, 0.1) is 0 Å². The molecule has 1 fully saturated rings. The van der Waals surface area contributed by atoms with E-state index in [9.17, 15) is 0 Å². The van der Waals surface area contributed by atoms with Crippen molar-refractivity contribution in [1.29, 1.82) is 0 Å². The molecule has 2 aliphatic heterocycles. The molecule has 3 aromatic heterocycles. The summed E-state index contributed by atoms with van der Waals surface area (Å²) in [6.45, 7) is 1.25. The van der Waals surface area contributed by atoms with Crippen LogP contribution in [0.15, 0.2) is 60.8 Å². The smallest absolute Gasteiger partial charge is 0.214 e. The van der Waals surface area contributed by atoms with Gasteiger partial charge in [-0.05, 0) is 30.2 Å². The van der Waals surface area contributed by atoms with Crippen LogP contribution >= 0.6 is 0 Å². The fourth-order valence-electron chi connectivity index (χ4n) is 4.16. The number of hydrogen-bond acceptors (Lipinski definition) is 5. The first-order valence-electron chi connectivity index (χ1n) is 9.99. The quantitative estimate of drug-likeness (QED) is 0.535. The molecule has 144 valence electrons. The van der Waals surface area contributed by atoms with Crippen molar-refractivity contribution in [2.45, 2.75) is 25.0 Å². The van der Waals surface area contributed by atoms with Crippen molar-refractivity contribution in [3.8, 4) is 17.1 Å². The van der Waals surface area contributed by atoms with Crippen molar-refractivity contribution in [3.05, 3.63) is 72.2 Å². The average molecular weight is 384 g/mol. The second-order valence-electron chi connectivity index (χ2n) is 7.56. The number of aryl methyl sites for hydroxylation is 1. The summed E-state index contributed by atoms with van der Waals surface area (Å²) in [7, 11) is 0. The molecule has 4 aromatic rings. The maximum absolute atomic E-state index is 5.85. The molecule has 1 aromatic carbocycles. The van der Waals surface area contributed by atoms with Gasteiger partial charge in [-0.1, -0.05) is 30.3 Å². The molecule has 6 rings (SSSR count). The molecule has 6 heteroatoms. The highest BCUT2D eigenvalue weighted by atomic mass is 16.6. The Morgan fingerprint density at radius 3 is 2.72 bits per heavy atom. The van der Waals surface area contributed by atoms with Gasteiger partial charge in [-0.15, -0.1) is 0 Å². The molecule has 0 radical (unpaired) electrons. The minimum atomic E-state index is 0.0953. The third-order valence-electron chi connectivity index (χ3n) is 5.67. The highest BCUT2D eigenvalue weighted by molar-refractivity contribution is 5.77. The number of benzene rings is 1. The van der Waals surface area contributed by atoms with Crippen LogP contribution in [0.1, 0.15) is 23.9 Å². The van der Waals surface area contributed by atoms with Crippen molar-refractivity contribution in [1.82, 2.24) is 19.5 Å². The molecule has 6 nitrogen and oxygen atoms in total. The zero-order valence-corrected chi connectivity index (χ0v) is 15.9. The zero-order chi connectivity index (χ0) is 19.2. The zero-order valence-electron chi connectivity index (χ0n) is 15.9. The summed E-state index contributed by atoms with van der Waals surface area (Å²) < 4.78 is 13.3. The normalized spacial score (nSPS) is 18.6. The lowest BCUT2D eigenvalue weighted by Gasteiger charge is -2.26. The van der Waals surface area contributed by atoms with Crippen LogP contribution in [0.4, 0.5) is 0 Å². The Kier molecular flexibility index (Phi) is 3.84. The van der Waals surface area contributed by atoms with Gasteiger partial charge in [0, 0.05) is 24.2 Å². The topological polar surface area (TPSA) is 62.1 Å². The van der Waals surface area contributed by atoms with Crippen molar-refractivity contribution in [2.24, 2.45) is 0 Å². The van der Waals surface area contributed by atoms with Crippen molar-refractivity contribution in [2.75, 3.05) is 13.2 Å². The molecule has 0 aliphatic carbocycles. The van der Waals surface area contributed by atoms with E-state index in [4.69, 9.17) is 19.4 Å². The molecule has 1 saturated heterocycles. The number of imidazole rings is 1.